The number of unbranched alkanes of at least 4 members (excludes halogenated alkanes) is 1. The van der Waals surface area contributed by atoms with Gasteiger partial charge in [0, 0.05) is 17.3 Å². The number of carbonyl (C=O) groups excluding carboxylic acids is 1. The number of carbonyl (C=O) groups is 1. The van der Waals surface area contributed by atoms with Crippen molar-refractivity contribution >= 4 is 35.0 Å². The van der Waals surface area contributed by atoms with Crippen LogP contribution in [0, 0.1) is 6.92 Å². The number of halogens is 1. The summed E-state index contributed by atoms with van der Waals surface area (Å²) in [4.78, 5) is 12.4. The van der Waals surface area contributed by atoms with Crippen molar-refractivity contribution in [2.45, 2.75) is 51.4 Å². The van der Waals surface area contributed by atoms with Crippen molar-refractivity contribution in [3.8, 4) is 5.75 Å². The molecule has 0 unspecified atom stereocenters. The quantitative estimate of drug-likeness (QED) is 0.249. The van der Waals surface area contributed by atoms with Gasteiger partial charge < -0.3 is 10.1 Å². The number of aryl methyl sites for hydroxylation is 2. The minimum Gasteiger partial charge on any atom is -0.485 e. The SMILES string of the molecule is C=CCn1c(COc2ccc(Cl)cc2C)nnc1SCC(=O)Nc1ccc(CCCC)cc1. The number of hydrogen-bond donors (Lipinski definition) is 1. The third kappa shape index (κ3) is 7.37. The molecule has 0 aliphatic heterocycles. The number of nitrogens with one attached hydrogen (secondary N) is 1. The zero-order valence-corrected chi connectivity index (χ0v) is 20.6. The van der Waals surface area contributed by atoms with Crippen molar-refractivity contribution in [3.05, 3.63) is 77.1 Å². The molecule has 3 aromatic rings. The van der Waals surface area contributed by atoms with Crippen LogP contribution in [0.3, 0.4) is 0 Å². The molecule has 0 aliphatic carbocycles. The van der Waals surface area contributed by atoms with E-state index in [-0.39, 0.29) is 18.3 Å². The second-order valence-corrected chi connectivity index (χ2v) is 9.01. The van der Waals surface area contributed by atoms with Gasteiger partial charge in [-0.1, -0.05) is 54.9 Å². The van der Waals surface area contributed by atoms with Gasteiger partial charge in [0.1, 0.15) is 12.4 Å². The predicted molar refractivity (Wildman–Crippen MR) is 135 cm³/mol. The Morgan fingerprint density at radius 2 is 2.03 bits per heavy atom. The van der Waals surface area contributed by atoms with Crippen molar-refractivity contribution in [2.24, 2.45) is 0 Å². The first kappa shape index (κ1) is 24.9. The number of rotatable bonds is 12. The smallest absolute Gasteiger partial charge is 0.234 e. The third-order valence-corrected chi connectivity index (χ3v) is 6.19. The number of anilines is 1. The van der Waals surface area contributed by atoms with Gasteiger partial charge in [-0.2, -0.15) is 0 Å². The highest BCUT2D eigenvalue weighted by molar-refractivity contribution is 7.99. The number of allylic oxidation sites excluding steroid dienone is 1. The van der Waals surface area contributed by atoms with Gasteiger partial charge in [-0.3, -0.25) is 9.36 Å². The molecule has 0 spiro atoms. The van der Waals surface area contributed by atoms with Crippen LogP contribution in [-0.4, -0.2) is 26.4 Å². The molecule has 0 saturated carbocycles. The summed E-state index contributed by atoms with van der Waals surface area (Å²) in [6, 6.07) is 13.5. The second kappa shape index (κ2) is 12.5. The molecule has 1 aromatic heterocycles. The molecule has 33 heavy (non-hydrogen) atoms. The summed E-state index contributed by atoms with van der Waals surface area (Å²) in [7, 11) is 0. The minimum atomic E-state index is -0.0935. The van der Waals surface area contributed by atoms with Gasteiger partial charge in [0.25, 0.3) is 0 Å². The van der Waals surface area contributed by atoms with E-state index in [0.29, 0.717) is 22.5 Å². The summed E-state index contributed by atoms with van der Waals surface area (Å²) in [5.41, 5.74) is 3.02. The second-order valence-electron chi connectivity index (χ2n) is 7.63. The van der Waals surface area contributed by atoms with E-state index >= 15 is 0 Å². The summed E-state index contributed by atoms with van der Waals surface area (Å²) in [6.45, 7) is 8.71. The molecule has 1 heterocycles. The van der Waals surface area contributed by atoms with Crippen LogP contribution in [0.4, 0.5) is 5.69 Å². The van der Waals surface area contributed by atoms with Gasteiger partial charge in [-0.05, 0) is 61.2 Å². The van der Waals surface area contributed by atoms with E-state index in [9.17, 15) is 4.79 Å². The zero-order valence-electron chi connectivity index (χ0n) is 19.0. The molecule has 2 aromatic carbocycles. The summed E-state index contributed by atoms with van der Waals surface area (Å²) in [6.07, 6.45) is 5.16. The standard InChI is InChI=1S/C25H29ClN4O2S/c1-4-6-7-19-8-11-21(12-9-19)27-24(31)17-33-25-29-28-23(30(25)14-5-2)16-32-22-13-10-20(26)15-18(22)3/h5,8-13,15H,2,4,6-7,14,16-17H2,1,3H3,(H,27,31). The summed E-state index contributed by atoms with van der Waals surface area (Å²) in [5, 5.41) is 12.8. The van der Waals surface area contributed by atoms with E-state index in [4.69, 9.17) is 16.3 Å². The Hall–Kier alpha value is -2.77. The number of benzene rings is 2. The summed E-state index contributed by atoms with van der Waals surface area (Å²) >= 11 is 7.34. The maximum absolute atomic E-state index is 12.4. The Labute approximate surface area is 204 Å². The van der Waals surface area contributed by atoms with Crippen LogP contribution in [0.2, 0.25) is 5.02 Å². The van der Waals surface area contributed by atoms with E-state index in [2.05, 4.69) is 41.1 Å². The lowest BCUT2D eigenvalue weighted by atomic mass is 10.1. The fourth-order valence-corrected chi connectivity index (χ4v) is 4.22. The van der Waals surface area contributed by atoms with Gasteiger partial charge in [-0.15, -0.1) is 16.8 Å². The van der Waals surface area contributed by atoms with E-state index in [1.54, 1.807) is 12.1 Å². The Balaban J connectivity index is 1.57. The third-order valence-electron chi connectivity index (χ3n) is 4.99. The van der Waals surface area contributed by atoms with Crippen molar-refractivity contribution < 1.29 is 9.53 Å². The highest BCUT2D eigenvalue weighted by Crippen LogP contribution is 2.24. The monoisotopic (exact) mass is 484 g/mol. The normalized spacial score (nSPS) is 10.8. The van der Waals surface area contributed by atoms with Crippen LogP contribution < -0.4 is 10.1 Å². The molecule has 1 amide bonds. The Morgan fingerprint density at radius 1 is 1.24 bits per heavy atom. The zero-order chi connectivity index (χ0) is 23.6. The van der Waals surface area contributed by atoms with E-state index in [0.717, 1.165) is 23.4 Å². The number of thioether (sulfide) groups is 1. The van der Waals surface area contributed by atoms with Gasteiger partial charge in [0.15, 0.2) is 11.0 Å². The van der Waals surface area contributed by atoms with Crippen molar-refractivity contribution in [1.29, 1.82) is 0 Å². The number of aromatic nitrogens is 3. The van der Waals surface area contributed by atoms with Gasteiger partial charge >= 0.3 is 0 Å². The Kier molecular flexibility index (Phi) is 9.39. The fraction of sp³-hybridized carbons (Fsp3) is 0.320. The van der Waals surface area contributed by atoms with E-state index in [1.165, 1.54) is 30.2 Å². The molecule has 174 valence electrons. The van der Waals surface area contributed by atoms with E-state index in [1.807, 2.05) is 35.8 Å². The lowest BCUT2D eigenvalue weighted by Crippen LogP contribution is -2.15. The predicted octanol–water partition coefficient (Wildman–Crippen LogP) is 6.08. The fourth-order valence-electron chi connectivity index (χ4n) is 3.22. The van der Waals surface area contributed by atoms with Crippen molar-refractivity contribution in [3.63, 3.8) is 0 Å². The maximum atomic E-state index is 12.4. The maximum Gasteiger partial charge on any atom is 0.234 e. The summed E-state index contributed by atoms with van der Waals surface area (Å²) < 4.78 is 7.81. The molecule has 0 fully saturated rings. The lowest BCUT2D eigenvalue weighted by Gasteiger charge is -2.11. The Morgan fingerprint density at radius 3 is 2.73 bits per heavy atom. The molecule has 3 rings (SSSR count). The van der Waals surface area contributed by atoms with E-state index < -0.39 is 0 Å². The van der Waals surface area contributed by atoms with Crippen LogP contribution in [-0.2, 0) is 24.4 Å². The molecular formula is C25H29ClN4O2S. The van der Waals surface area contributed by atoms with Crippen LogP contribution in [0.25, 0.3) is 0 Å². The minimum absolute atomic E-state index is 0.0935. The molecular weight excluding hydrogens is 456 g/mol. The van der Waals surface area contributed by atoms with Crippen molar-refractivity contribution in [2.75, 3.05) is 11.1 Å². The highest BCUT2D eigenvalue weighted by Gasteiger charge is 2.15. The molecule has 0 saturated heterocycles. The van der Waals surface area contributed by atoms with Crippen LogP contribution in [0.5, 0.6) is 5.75 Å². The molecule has 6 nitrogen and oxygen atoms in total. The highest BCUT2D eigenvalue weighted by atomic mass is 35.5. The number of ether oxygens (including phenoxy) is 1. The topological polar surface area (TPSA) is 69.0 Å². The van der Waals surface area contributed by atoms with Gasteiger partial charge in [0.2, 0.25) is 5.91 Å². The average Bonchev–Trinajstić information content (AvgIpc) is 3.18. The summed E-state index contributed by atoms with van der Waals surface area (Å²) in [5.74, 6) is 1.53. The average molecular weight is 485 g/mol. The first-order valence-electron chi connectivity index (χ1n) is 10.9. The Bertz CT molecular complexity index is 1080. The largest absolute Gasteiger partial charge is 0.485 e. The first-order valence-corrected chi connectivity index (χ1v) is 12.3. The van der Waals surface area contributed by atoms with Gasteiger partial charge in [-0.25, -0.2) is 0 Å². The van der Waals surface area contributed by atoms with Crippen LogP contribution in [0.1, 0.15) is 36.7 Å². The molecule has 0 aliphatic rings. The van der Waals surface area contributed by atoms with Crippen molar-refractivity contribution in [1.82, 2.24) is 14.8 Å². The van der Waals surface area contributed by atoms with Crippen LogP contribution >= 0.6 is 23.4 Å². The molecule has 0 bridgehead atoms. The number of hydrogen-bond acceptors (Lipinski definition) is 5. The first-order chi connectivity index (χ1) is 16.0. The molecule has 1 N–H and O–H groups in total. The lowest BCUT2D eigenvalue weighted by molar-refractivity contribution is -0.113. The van der Waals surface area contributed by atoms with Crippen LogP contribution in [0.15, 0.2) is 60.3 Å². The molecule has 0 atom stereocenters. The number of amides is 1. The molecule has 0 radical (unpaired) electrons. The number of nitrogens with zero attached hydrogens (tertiary/aromatic N) is 3. The van der Waals surface area contributed by atoms with Gasteiger partial charge in [0.05, 0.1) is 5.75 Å². The molecule has 8 heteroatoms.